The summed E-state index contributed by atoms with van der Waals surface area (Å²) >= 11 is -9.74. The molecule has 0 aromatic heterocycles. The van der Waals surface area contributed by atoms with Crippen molar-refractivity contribution in [3.05, 3.63) is 219 Å². The Morgan fingerprint density at radius 3 is 0.765 bits per heavy atom. The van der Waals surface area contributed by atoms with Gasteiger partial charge in [-0.15, -0.1) is 0 Å². The molecule has 8 aromatic rings. The molecule has 0 nitrogen and oxygen atoms in total. The molecule has 0 spiro atoms. The third-order valence-corrected chi connectivity index (χ3v) is 24.4. The van der Waals surface area contributed by atoms with Crippen LogP contribution >= 0.6 is 0 Å². The second-order valence-corrected chi connectivity index (χ2v) is 24.7. The topological polar surface area (TPSA) is 0 Å². The summed E-state index contributed by atoms with van der Waals surface area (Å²) in [6.45, 7) is 0. The van der Waals surface area contributed by atoms with E-state index in [1.54, 1.807) is 0 Å². The Hall–Kier alpha value is -6.39. The third-order valence-electron chi connectivity index (χ3n) is 10.6. The fourth-order valence-corrected chi connectivity index (χ4v) is 22.2. The van der Waals surface area contributed by atoms with Gasteiger partial charge in [0.25, 0.3) is 0 Å². The molecule has 0 radical (unpaired) electrons. The summed E-state index contributed by atoms with van der Waals surface area (Å²) in [5.74, 6) is -70.5. The minimum absolute atomic E-state index is 0.0892. The Morgan fingerprint density at radius 2 is 0.471 bits per heavy atom. The normalized spacial score (nSPS) is 11.7. The van der Waals surface area contributed by atoms with Crippen LogP contribution in [0.4, 0.5) is 87.8 Å². The molecule has 0 heterocycles. The summed E-state index contributed by atoms with van der Waals surface area (Å²) in [5.41, 5.74) is 0. The minimum Gasteiger partial charge on any atom is -0.0619 e. The van der Waals surface area contributed by atoms with Crippen LogP contribution in [0.5, 0.6) is 0 Å². The molecule has 68 heavy (non-hydrogen) atoms. The van der Waals surface area contributed by atoms with Gasteiger partial charge in [0.15, 0.2) is 14.7 Å². The van der Waals surface area contributed by atoms with Gasteiger partial charge in [-0.1, -0.05) is 66.7 Å². The average molecular weight is 1050 g/mol. The summed E-state index contributed by atoms with van der Waals surface area (Å²) in [7, 11) is -0.0892. The molecule has 0 saturated heterocycles. The van der Waals surface area contributed by atoms with Gasteiger partial charge in [0.1, 0.15) is 0 Å². The van der Waals surface area contributed by atoms with Gasteiger partial charge in [-0.2, -0.15) is 0 Å². The van der Waals surface area contributed by atoms with Crippen molar-refractivity contribution >= 4 is 53.2 Å². The van der Waals surface area contributed by atoms with Crippen molar-refractivity contribution < 1.29 is 87.8 Å². The van der Waals surface area contributed by atoms with Crippen LogP contribution in [0.25, 0.3) is 10.8 Å². The molecule has 0 aliphatic heterocycles. The fraction of sp³-hybridized carbons (Fsp3) is 0. The monoisotopic (exact) mass is 1050 g/mol. The second kappa shape index (κ2) is 18.9. The zero-order chi connectivity index (χ0) is 49.8. The summed E-state index contributed by atoms with van der Waals surface area (Å²) in [6.07, 6.45) is 0. The van der Waals surface area contributed by atoms with Gasteiger partial charge < -0.3 is 0 Å². The molecule has 0 unspecified atom stereocenters. The second-order valence-electron chi connectivity index (χ2n) is 14.2. The maximum atomic E-state index is 15.4. The van der Waals surface area contributed by atoms with E-state index in [9.17, 15) is 52.7 Å². The molecule has 8 aromatic carbocycles. The van der Waals surface area contributed by atoms with Crippen LogP contribution in [0.2, 0.25) is 0 Å². The number of hydrogen-bond acceptors (Lipinski definition) is 0. The Morgan fingerprint density at radius 1 is 0.235 bits per heavy atom. The zero-order valence-electron chi connectivity index (χ0n) is 32.9. The van der Waals surface area contributed by atoms with Crippen molar-refractivity contribution in [3.8, 4) is 0 Å². The fourth-order valence-electron chi connectivity index (χ4n) is 7.75. The zero-order valence-corrected chi connectivity index (χ0v) is 36.1. The summed E-state index contributed by atoms with van der Waals surface area (Å²) in [4.78, 5) is 4.10. The summed E-state index contributed by atoms with van der Waals surface area (Å²) < 4.78 is 281. The van der Waals surface area contributed by atoms with Gasteiger partial charge in [-0.25, -0.2) is 0 Å². The van der Waals surface area contributed by atoms with Crippen molar-refractivity contribution in [3.63, 3.8) is 0 Å². The smallest absolute Gasteiger partial charge is 0.0619 e. The van der Waals surface area contributed by atoms with Crippen molar-refractivity contribution in [2.75, 3.05) is 0 Å². The molecular weight excluding hydrogens is 1030 g/mol. The SMILES string of the molecule is Fc1c(F)c(F)[c]([Ga-]([c]2c(F)c(F)c(F)c(F)c2F)([c]2c(F)c(F)c(F)c(F)c2F)[c]2c(F)c(F)c(F)c(F)c2F)c(F)c1F.c1ccc([S+](c2ccccc2)c2cccc3ccccc23)cc1. The van der Waals surface area contributed by atoms with Gasteiger partial charge in [0, 0.05) is 5.39 Å². The molecule has 0 bridgehead atoms. The first kappa shape index (κ1) is 49.5. The van der Waals surface area contributed by atoms with Crippen molar-refractivity contribution in [1.82, 2.24) is 0 Å². The number of benzene rings is 8. The quantitative estimate of drug-likeness (QED) is 0.0491. The first-order chi connectivity index (χ1) is 32.1. The summed E-state index contributed by atoms with van der Waals surface area (Å²) in [6, 6.07) is 36.9. The van der Waals surface area contributed by atoms with Crippen molar-refractivity contribution in [1.29, 1.82) is 0 Å². The largest absolute Gasteiger partial charge is 0.174 e. The number of halogens is 20. The number of fused-ring (bicyclic) bond motifs is 1. The van der Waals surface area contributed by atoms with Crippen LogP contribution in [0.15, 0.2) is 118 Å². The van der Waals surface area contributed by atoms with Gasteiger partial charge in [-0.05, 0) is 41.8 Å². The van der Waals surface area contributed by atoms with E-state index >= 15 is 35.1 Å². The molecule has 0 aliphatic rings. The third kappa shape index (κ3) is 7.74. The van der Waals surface area contributed by atoms with Crippen LogP contribution in [-0.2, 0) is 10.9 Å². The molecular formula is C46H17F20GaS. The van der Waals surface area contributed by atoms with E-state index in [2.05, 4.69) is 103 Å². The van der Waals surface area contributed by atoms with E-state index in [4.69, 9.17) is 0 Å². The van der Waals surface area contributed by atoms with Gasteiger partial charge in [0.2, 0.25) is 0 Å². The van der Waals surface area contributed by atoms with E-state index < -0.39 is 148 Å². The van der Waals surface area contributed by atoms with Crippen LogP contribution in [0.3, 0.4) is 0 Å². The van der Waals surface area contributed by atoms with Gasteiger partial charge in [0.05, 0.1) is 10.9 Å². The standard InChI is InChI=1S/C22H17S.4C6F5.Ga/c1-3-12-19(13-4-1)23(20-14-5-2-6-15-20)22-17-9-11-18-10-7-8-16-21(18)22;4*7-2-1-3(8)5(10)6(11)4(2)9;/h1-17H;;;;;/q+1;;;;;-1. The molecule has 0 amide bonds. The number of rotatable bonds is 7. The Kier molecular flexibility index (Phi) is 13.8. The maximum absolute atomic E-state index is 15.4. The average Bonchev–Trinajstić information content (AvgIpc) is 3.35. The number of hydrogen-bond donors (Lipinski definition) is 0. The Bertz CT molecular complexity index is 2870. The first-order valence-corrected chi connectivity index (χ1v) is 24.8. The Balaban J connectivity index is 0.000000246. The predicted octanol–water partition coefficient (Wildman–Crippen LogP) is 11.8. The van der Waals surface area contributed by atoms with Crippen LogP contribution in [0.1, 0.15) is 0 Å². The van der Waals surface area contributed by atoms with E-state index in [-0.39, 0.29) is 10.9 Å². The van der Waals surface area contributed by atoms with Crippen LogP contribution in [0, 0.1) is 116 Å². The van der Waals surface area contributed by atoms with E-state index in [0.29, 0.717) is 0 Å². The van der Waals surface area contributed by atoms with E-state index in [1.807, 2.05) is 0 Å². The first-order valence-electron chi connectivity index (χ1n) is 18.7. The molecule has 0 saturated carbocycles. The van der Waals surface area contributed by atoms with Crippen LogP contribution < -0.4 is 16.5 Å². The summed E-state index contributed by atoms with van der Waals surface area (Å²) in [5, 5.41) is 2.64. The molecule has 22 heteroatoms. The Labute approximate surface area is 374 Å². The van der Waals surface area contributed by atoms with Crippen molar-refractivity contribution in [2.24, 2.45) is 0 Å². The molecule has 0 fully saturated rings. The molecule has 0 N–H and O–H groups in total. The van der Waals surface area contributed by atoms with Crippen LogP contribution in [-0.4, -0.2) is 15.0 Å². The van der Waals surface area contributed by atoms with E-state index in [0.717, 1.165) is 0 Å². The molecule has 8 rings (SSSR count). The predicted molar refractivity (Wildman–Crippen MR) is 208 cm³/mol. The molecule has 350 valence electrons. The maximum Gasteiger partial charge on any atom is 0.174 e. The van der Waals surface area contributed by atoms with Gasteiger partial charge >= 0.3 is 236 Å². The van der Waals surface area contributed by atoms with Gasteiger partial charge in [-0.3, -0.25) is 0 Å². The minimum atomic E-state index is -9.74. The van der Waals surface area contributed by atoms with Crippen molar-refractivity contribution in [2.45, 2.75) is 14.7 Å². The van der Waals surface area contributed by atoms with E-state index in [1.165, 1.54) is 25.5 Å². The molecule has 0 atom stereocenters. The molecule has 0 aliphatic carbocycles.